The van der Waals surface area contributed by atoms with Crippen molar-refractivity contribution < 1.29 is 4.74 Å². The summed E-state index contributed by atoms with van der Waals surface area (Å²) in [7, 11) is 0. The standard InChI is InChI=1S/C11H7BrClNO/c12-8-2-1-3-9(6-8)15-11-4-5-14-7-10(11)13/h1-7H. The molecule has 0 atom stereocenters. The van der Waals surface area contributed by atoms with Crippen LogP contribution in [0, 0.1) is 0 Å². The van der Waals surface area contributed by atoms with E-state index in [-0.39, 0.29) is 0 Å². The van der Waals surface area contributed by atoms with Crippen LogP contribution in [0.2, 0.25) is 5.02 Å². The summed E-state index contributed by atoms with van der Waals surface area (Å²) in [4.78, 5) is 3.88. The van der Waals surface area contributed by atoms with Crippen molar-refractivity contribution in [1.29, 1.82) is 0 Å². The molecule has 0 amide bonds. The molecule has 2 nitrogen and oxygen atoms in total. The van der Waals surface area contributed by atoms with Crippen LogP contribution in [0.5, 0.6) is 11.5 Å². The molecule has 2 aromatic rings. The number of halogens is 2. The number of hydrogen-bond donors (Lipinski definition) is 0. The van der Waals surface area contributed by atoms with E-state index in [2.05, 4.69) is 20.9 Å². The van der Waals surface area contributed by atoms with E-state index in [0.717, 1.165) is 10.2 Å². The first-order valence-corrected chi connectivity index (χ1v) is 5.46. The quantitative estimate of drug-likeness (QED) is 0.821. The zero-order valence-electron chi connectivity index (χ0n) is 7.65. The second kappa shape index (κ2) is 4.64. The van der Waals surface area contributed by atoms with Gasteiger partial charge < -0.3 is 4.74 Å². The van der Waals surface area contributed by atoms with E-state index >= 15 is 0 Å². The Balaban J connectivity index is 2.26. The van der Waals surface area contributed by atoms with Crippen molar-refractivity contribution in [2.45, 2.75) is 0 Å². The van der Waals surface area contributed by atoms with Crippen LogP contribution in [0.1, 0.15) is 0 Å². The normalized spacial score (nSPS) is 10.0. The summed E-state index contributed by atoms with van der Waals surface area (Å²) in [5.41, 5.74) is 0. The first kappa shape index (κ1) is 10.5. The van der Waals surface area contributed by atoms with Gasteiger partial charge in [-0.05, 0) is 18.2 Å². The molecule has 0 aliphatic carbocycles. The zero-order valence-corrected chi connectivity index (χ0v) is 9.99. The Hall–Kier alpha value is -1.06. The fourth-order valence-corrected chi connectivity index (χ4v) is 1.64. The molecular weight excluding hydrogens is 277 g/mol. The number of rotatable bonds is 2. The molecule has 0 fully saturated rings. The predicted molar refractivity (Wildman–Crippen MR) is 63.5 cm³/mol. The Labute approximate surface area is 101 Å². The number of benzene rings is 1. The van der Waals surface area contributed by atoms with Gasteiger partial charge in [-0.15, -0.1) is 0 Å². The molecule has 0 saturated carbocycles. The zero-order chi connectivity index (χ0) is 10.7. The maximum absolute atomic E-state index is 5.91. The summed E-state index contributed by atoms with van der Waals surface area (Å²) in [6.07, 6.45) is 3.19. The van der Waals surface area contributed by atoms with Gasteiger partial charge in [0.1, 0.15) is 16.5 Å². The van der Waals surface area contributed by atoms with Crippen LogP contribution in [0.3, 0.4) is 0 Å². The van der Waals surface area contributed by atoms with Gasteiger partial charge in [-0.2, -0.15) is 0 Å². The lowest BCUT2D eigenvalue weighted by Crippen LogP contribution is -1.85. The largest absolute Gasteiger partial charge is 0.456 e. The Morgan fingerprint density at radius 1 is 1.27 bits per heavy atom. The van der Waals surface area contributed by atoms with Crippen LogP contribution >= 0.6 is 27.5 Å². The molecule has 4 heteroatoms. The maximum atomic E-state index is 5.91. The molecule has 2 rings (SSSR count). The molecule has 15 heavy (non-hydrogen) atoms. The number of nitrogens with zero attached hydrogens (tertiary/aromatic N) is 1. The fraction of sp³-hybridized carbons (Fsp3) is 0. The van der Waals surface area contributed by atoms with Gasteiger partial charge in [0, 0.05) is 22.9 Å². The van der Waals surface area contributed by atoms with Gasteiger partial charge in [-0.3, -0.25) is 4.98 Å². The van der Waals surface area contributed by atoms with E-state index in [1.54, 1.807) is 18.5 Å². The maximum Gasteiger partial charge on any atom is 0.149 e. The van der Waals surface area contributed by atoms with Gasteiger partial charge in [-0.25, -0.2) is 0 Å². The van der Waals surface area contributed by atoms with Gasteiger partial charge in [-0.1, -0.05) is 33.6 Å². The van der Waals surface area contributed by atoms with Crippen molar-refractivity contribution in [2.75, 3.05) is 0 Å². The number of aromatic nitrogens is 1. The average Bonchev–Trinajstić information content (AvgIpc) is 2.22. The third-order valence-electron chi connectivity index (χ3n) is 1.76. The summed E-state index contributed by atoms with van der Waals surface area (Å²) in [5, 5.41) is 0.498. The number of pyridine rings is 1. The molecule has 0 spiro atoms. The highest BCUT2D eigenvalue weighted by Crippen LogP contribution is 2.29. The minimum atomic E-state index is 0.498. The summed E-state index contributed by atoms with van der Waals surface area (Å²) in [6, 6.07) is 9.29. The lowest BCUT2D eigenvalue weighted by atomic mass is 10.3. The van der Waals surface area contributed by atoms with Crippen molar-refractivity contribution in [1.82, 2.24) is 4.98 Å². The Bertz CT molecular complexity index is 476. The minimum absolute atomic E-state index is 0.498. The summed E-state index contributed by atoms with van der Waals surface area (Å²) in [5.74, 6) is 1.34. The van der Waals surface area contributed by atoms with Crippen LogP contribution < -0.4 is 4.74 Å². The molecular formula is C11H7BrClNO. The van der Waals surface area contributed by atoms with Crippen LogP contribution in [-0.2, 0) is 0 Å². The summed E-state index contributed by atoms with van der Waals surface area (Å²) in [6.45, 7) is 0. The van der Waals surface area contributed by atoms with Crippen molar-refractivity contribution in [2.24, 2.45) is 0 Å². The van der Waals surface area contributed by atoms with E-state index in [0.29, 0.717) is 10.8 Å². The highest BCUT2D eigenvalue weighted by atomic mass is 79.9. The molecule has 0 N–H and O–H groups in total. The molecule has 0 radical (unpaired) electrons. The molecule has 0 saturated heterocycles. The molecule has 0 aliphatic rings. The summed E-state index contributed by atoms with van der Waals surface area (Å²) < 4.78 is 6.55. The molecule has 76 valence electrons. The van der Waals surface area contributed by atoms with Crippen LogP contribution in [0.4, 0.5) is 0 Å². The van der Waals surface area contributed by atoms with Gasteiger partial charge >= 0.3 is 0 Å². The van der Waals surface area contributed by atoms with Crippen molar-refractivity contribution in [3.05, 3.63) is 52.2 Å². The molecule has 1 aromatic heterocycles. The Kier molecular flexibility index (Phi) is 3.23. The van der Waals surface area contributed by atoms with E-state index in [1.807, 2.05) is 24.3 Å². The minimum Gasteiger partial charge on any atom is -0.456 e. The van der Waals surface area contributed by atoms with Crippen molar-refractivity contribution in [3.8, 4) is 11.5 Å². The number of hydrogen-bond acceptors (Lipinski definition) is 2. The molecule has 0 unspecified atom stereocenters. The Morgan fingerprint density at radius 3 is 2.87 bits per heavy atom. The second-order valence-electron chi connectivity index (χ2n) is 2.87. The Morgan fingerprint density at radius 2 is 2.13 bits per heavy atom. The van der Waals surface area contributed by atoms with Gasteiger partial charge in [0.05, 0.1) is 0 Å². The SMILES string of the molecule is Clc1cnccc1Oc1cccc(Br)c1. The summed E-state index contributed by atoms with van der Waals surface area (Å²) >= 11 is 9.28. The predicted octanol–water partition coefficient (Wildman–Crippen LogP) is 4.29. The van der Waals surface area contributed by atoms with Gasteiger partial charge in [0.15, 0.2) is 0 Å². The van der Waals surface area contributed by atoms with Crippen LogP contribution in [-0.4, -0.2) is 4.98 Å². The van der Waals surface area contributed by atoms with Gasteiger partial charge in [0.2, 0.25) is 0 Å². The highest BCUT2D eigenvalue weighted by molar-refractivity contribution is 9.10. The second-order valence-corrected chi connectivity index (χ2v) is 4.19. The fourth-order valence-electron chi connectivity index (χ4n) is 1.10. The third kappa shape index (κ3) is 2.70. The van der Waals surface area contributed by atoms with E-state index in [9.17, 15) is 0 Å². The van der Waals surface area contributed by atoms with Crippen LogP contribution in [0.25, 0.3) is 0 Å². The smallest absolute Gasteiger partial charge is 0.149 e. The molecule has 1 aromatic carbocycles. The topological polar surface area (TPSA) is 22.1 Å². The van der Waals surface area contributed by atoms with Gasteiger partial charge in [0.25, 0.3) is 0 Å². The van der Waals surface area contributed by atoms with E-state index in [4.69, 9.17) is 16.3 Å². The average molecular weight is 285 g/mol. The molecule has 0 bridgehead atoms. The van der Waals surface area contributed by atoms with E-state index < -0.39 is 0 Å². The number of ether oxygens (including phenoxy) is 1. The lowest BCUT2D eigenvalue weighted by molar-refractivity contribution is 0.482. The molecule has 1 heterocycles. The first-order valence-electron chi connectivity index (χ1n) is 4.28. The first-order chi connectivity index (χ1) is 7.25. The van der Waals surface area contributed by atoms with Crippen molar-refractivity contribution >= 4 is 27.5 Å². The third-order valence-corrected chi connectivity index (χ3v) is 2.54. The lowest BCUT2D eigenvalue weighted by Gasteiger charge is -2.06. The van der Waals surface area contributed by atoms with Crippen molar-refractivity contribution in [3.63, 3.8) is 0 Å². The highest BCUT2D eigenvalue weighted by Gasteiger charge is 2.02. The van der Waals surface area contributed by atoms with Crippen LogP contribution in [0.15, 0.2) is 47.2 Å². The monoisotopic (exact) mass is 283 g/mol. The van der Waals surface area contributed by atoms with E-state index in [1.165, 1.54) is 0 Å². The molecule has 0 aliphatic heterocycles.